The van der Waals surface area contributed by atoms with Crippen LogP contribution in [0.3, 0.4) is 0 Å². The Bertz CT molecular complexity index is 358. The number of aryl methyl sites for hydroxylation is 2. The highest BCUT2D eigenvalue weighted by atomic mass is 14.9. The summed E-state index contributed by atoms with van der Waals surface area (Å²) in [6.07, 6.45) is 6.14. The van der Waals surface area contributed by atoms with E-state index < -0.39 is 0 Å². The van der Waals surface area contributed by atoms with Gasteiger partial charge in [0.15, 0.2) is 0 Å². The molecule has 1 heterocycles. The highest BCUT2D eigenvalue weighted by Crippen LogP contribution is 2.47. The van der Waals surface area contributed by atoms with E-state index in [0.29, 0.717) is 0 Å². The van der Waals surface area contributed by atoms with Gasteiger partial charge in [0.05, 0.1) is 0 Å². The number of hydrogen-bond donors (Lipinski definition) is 2. The number of aromatic nitrogens is 1. The van der Waals surface area contributed by atoms with E-state index in [9.17, 15) is 0 Å². The summed E-state index contributed by atoms with van der Waals surface area (Å²) >= 11 is 0. The quantitative estimate of drug-likeness (QED) is 0.672. The molecular weight excluding hydrogens is 160 g/mol. The van der Waals surface area contributed by atoms with Crippen LogP contribution in [0.1, 0.15) is 41.8 Å². The minimum Gasteiger partial charge on any atom is -0.362 e. The summed E-state index contributed by atoms with van der Waals surface area (Å²) in [5.41, 5.74) is 12.1. The molecule has 3 N–H and O–H groups in total. The molecule has 0 saturated heterocycles. The van der Waals surface area contributed by atoms with Crippen LogP contribution in [0.5, 0.6) is 0 Å². The summed E-state index contributed by atoms with van der Waals surface area (Å²) in [7, 11) is 0. The molecule has 1 aromatic rings. The van der Waals surface area contributed by atoms with Crippen LogP contribution in [-0.4, -0.2) is 4.98 Å². The molecule has 2 nitrogen and oxygen atoms in total. The van der Waals surface area contributed by atoms with Crippen molar-refractivity contribution in [2.75, 3.05) is 0 Å². The molecule has 0 bridgehead atoms. The molecule has 3 rings (SSSR count). The summed E-state index contributed by atoms with van der Waals surface area (Å²) in [6, 6.07) is 0. The van der Waals surface area contributed by atoms with E-state index in [1.165, 1.54) is 49.1 Å². The van der Waals surface area contributed by atoms with Gasteiger partial charge in [0, 0.05) is 16.9 Å². The summed E-state index contributed by atoms with van der Waals surface area (Å²) in [5, 5.41) is 0. The summed E-state index contributed by atoms with van der Waals surface area (Å²) in [4.78, 5) is 3.49. The van der Waals surface area contributed by atoms with Crippen molar-refractivity contribution in [3.05, 3.63) is 22.5 Å². The molecule has 13 heavy (non-hydrogen) atoms. The molecule has 0 spiro atoms. The zero-order chi connectivity index (χ0) is 9.05. The summed E-state index contributed by atoms with van der Waals surface area (Å²) in [5.74, 6) is 0. The standard InChI is InChI=1S/C11H16N2/c1-7-10(11(12)5-6-11)8-3-2-4-9(8)13-7/h13H,2-6,12H2,1H3. The zero-order valence-electron chi connectivity index (χ0n) is 8.11. The van der Waals surface area contributed by atoms with Crippen molar-refractivity contribution in [3.63, 3.8) is 0 Å². The number of aromatic amines is 1. The lowest BCUT2D eigenvalue weighted by molar-refractivity contribution is 0.719. The third-order valence-corrected chi connectivity index (χ3v) is 3.52. The van der Waals surface area contributed by atoms with Crippen LogP contribution in [0, 0.1) is 6.92 Å². The first kappa shape index (κ1) is 7.63. The fraction of sp³-hybridized carbons (Fsp3) is 0.636. The van der Waals surface area contributed by atoms with Gasteiger partial charge >= 0.3 is 0 Å². The SMILES string of the molecule is Cc1[nH]c2c(c1C1(N)CC1)CCC2. The second-order valence-electron chi connectivity index (χ2n) is 4.59. The van der Waals surface area contributed by atoms with Crippen molar-refractivity contribution in [1.82, 2.24) is 4.98 Å². The summed E-state index contributed by atoms with van der Waals surface area (Å²) in [6.45, 7) is 2.17. The van der Waals surface area contributed by atoms with Crippen LogP contribution in [0.2, 0.25) is 0 Å². The topological polar surface area (TPSA) is 41.8 Å². The molecule has 2 aliphatic rings. The second-order valence-corrected chi connectivity index (χ2v) is 4.59. The van der Waals surface area contributed by atoms with Gasteiger partial charge in [-0.2, -0.15) is 0 Å². The third kappa shape index (κ3) is 0.923. The lowest BCUT2D eigenvalue weighted by Gasteiger charge is -2.10. The van der Waals surface area contributed by atoms with Gasteiger partial charge in [-0.05, 0) is 50.2 Å². The van der Waals surface area contributed by atoms with Crippen LogP contribution < -0.4 is 5.73 Å². The van der Waals surface area contributed by atoms with E-state index in [2.05, 4.69) is 11.9 Å². The Hall–Kier alpha value is -0.760. The van der Waals surface area contributed by atoms with Gasteiger partial charge in [0.2, 0.25) is 0 Å². The van der Waals surface area contributed by atoms with E-state index >= 15 is 0 Å². The molecule has 2 heteroatoms. The molecule has 0 radical (unpaired) electrons. The maximum atomic E-state index is 6.27. The molecule has 0 aromatic carbocycles. The Balaban J connectivity index is 2.17. The Morgan fingerprint density at radius 3 is 2.77 bits per heavy atom. The molecule has 0 unspecified atom stereocenters. The predicted molar refractivity (Wildman–Crippen MR) is 52.7 cm³/mol. The van der Waals surface area contributed by atoms with E-state index in [1.807, 2.05) is 0 Å². The van der Waals surface area contributed by atoms with Crippen LogP contribution in [0.4, 0.5) is 0 Å². The van der Waals surface area contributed by atoms with Crippen LogP contribution in [0.25, 0.3) is 0 Å². The Labute approximate surface area is 78.5 Å². The molecular formula is C11H16N2. The van der Waals surface area contributed by atoms with Gasteiger partial charge in [-0.3, -0.25) is 0 Å². The molecule has 1 fully saturated rings. The highest BCUT2D eigenvalue weighted by Gasteiger charge is 2.44. The van der Waals surface area contributed by atoms with Crippen molar-refractivity contribution in [2.45, 2.75) is 44.6 Å². The Morgan fingerprint density at radius 2 is 2.08 bits per heavy atom. The van der Waals surface area contributed by atoms with Gasteiger partial charge in [-0.25, -0.2) is 0 Å². The van der Waals surface area contributed by atoms with E-state index in [0.717, 1.165) is 0 Å². The first-order valence-corrected chi connectivity index (χ1v) is 5.20. The maximum Gasteiger partial charge on any atom is 0.0431 e. The molecule has 0 atom stereocenters. The lowest BCUT2D eigenvalue weighted by atomic mass is 10.00. The highest BCUT2D eigenvalue weighted by molar-refractivity contribution is 5.46. The van der Waals surface area contributed by atoms with Crippen molar-refractivity contribution >= 4 is 0 Å². The fourth-order valence-corrected chi connectivity index (χ4v) is 2.73. The van der Waals surface area contributed by atoms with E-state index in [-0.39, 0.29) is 5.54 Å². The van der Waals surface area contributed by atoms with Gasteiger partial charge in [0.1, 0.15) is 0 Å². The van der Waals surface area contributed by atoms with Crippen molar-refractivity contribution in [2.24, 2.45) is 5.73 Å². The molecule has 1 aromatic heterocycles. The molecule has 0 amide bonds. The molecule has 1 saturated carbocycles. The average molecular weight is 176 g/mol. The third-order valence-electron chi connectivity index (χ3n) is 3.52. The normalized spacial score (nSPS) is 23.2. The van der Waals surface area contributed by atoms with E-state index in [4.69, 9.17) is 5.73 Å². The Morgan fingerprint density at radius 1 is 1.31 bits per heavy atom. The maximum absolute atomic E-state index is 6.27. The predicted octanol–water partition coefficient (Wildman–Crippen LogP) is 1.76. The smallest absolute Gasteiger partial charge is 0.0431 e. The monoisotopic (exact) mass is 176 g/mol. The zero-order valence-corrected chi connectivity index (χ0v) is 8.11. The number of rotatable bonds is 1. The first-order valence-electron chi connectivity index (χ1n) is 5.20. The van der Waals surface area contributed by atoms with E-state index in [1.54, 1.807) is 5.56 Å². The second kappa shape index (κ2) is 2.18. The minimum absolute atomic E-state index is 0.0541. The van der Waals surface area contributed by atoms with Gasteiger partial charge < -0.3 is 10.7 Å². The number of fused-ring (bicyclic) bond motifs is 1. The number of nitrogens with two attached hydrogens (primary N) is 1. The van der Waals surface area contributed by atoms with Crippen LogP contribution in [0.15, 0.2) is 0 Å². The number of H-pyrrole nitrogens is 1. The van der Waals surface area contributed by atoms with Crippen molar-refractivity contribution < 1.29 is 0 Å². The fourth-order valence-electron chi connectivity index (χ4n) is 2.73. The number of nitrogens with one attached hydrogen (secondary N) is 1. The number of hydrogen-bond acceptors (Lipinski definition) is 1. The molecule has 2 aliphatic carbocycles. The van der Waals surface area contributed by atoms with Crippen LogP contribution >= 0.6 is 0 Å². The molecule has 0 aliphatic heterocycles. The van der Waals surface area contributed by atoms with Crippen molar-refractivity contribution in [3.8, 4) is 0 Å². The molecule has 70 valence electrons. The average Bonchev–Trinajstić information content (AvgIpc) is 2.55. The first-order chi connectivity index (χ1) is 6.21. The van der Waals surface area contributed by atoms with Gasteiger partial charge in [-0.15, -0.1) is 0 Å². The Kier molecular flexibility index (Phi) is 1.28. The van der Waals surface area contributed by atoms with Crippen molar-refractivity contribution in [1.29, 1.82) is 0 Å². The summed E-state index contributed by atoms with van der Waals surface area (Å²) < 4.78 is 0. The lowest BCUT2D eigenvalue weighted by Crippen LogP contribution is -2.20. The van der Waals surface area contributed by atoms with Crippen LogP contribution in [-0.2, 0) is 18.4 Å². The van der Waals surface area contributed by atoms with Gasteiger partial charge in [0.25, 0.3) is 0 Å². The minimum atomic E-state index is 0.0541. The van der Waals surface area contributed by atoms with Gasteiger partial charge in [-0.1, -0.05) is 0 Å². The largest absolute Gasteiger partial charge is 0.362 e.